The van der Waals surface area contributed by atoms with Gasteiger partial charge in [-0.2, -0.15) is 13.2 Å². The number of alkyl halides is 4. The molecule has 15 heavy (non-hydrogen) atoms. The van der Waals surface area contributed by atoms with E-state index in [9.17, 15) is 26.3 Å². The summed E-state index contributed by atoms with van der Waals surface area (Å²) in [5.74, 6) is -1.45. The Morgan fingerprint density at radius 3 is 1.60 bits per heavy atom. The summed E-state index contributed by atoms with van der Waals surface area (Å²) < 4.78 is 66.0. The van der Waals surface area contributed by atoms with Crippen LogP contribution in [0.3, 0.4) is 0 Å². The lowest BCUT2D eigenvalue weighted by Gasteiger charge is -1.93. The van der Waals surface area contributed by atoms with E-state index in [1.165, 1.54) is 6.07 Å². The van der Waals surface area contributed by atoms with Gasteiger partial charge in [0.05, 0.1) is 0 Å². The Labute approximate surface area is 86.5 Å². The second kappa shape index (κ2) is 5.85. The van der Waals surface area contributed by atoms with Crippen molar-refractivity contribution in [3.63, 3.8) is 0 Å². The number of hydrogen-bond acceptors (Lipinski definition) is 0. The van der Waals surface area contributed by atoms with Crippen LogP contribution in [0.25, 0.3) is 0 Å². The molecule has 0 nitrogen and oxygen atoms in total. The van der Waals surface area contributed by atoms with Crippen molar-refractivity contribution in [3.05, 3.63) is 34.9 Å². The summed E-state index contributed by atoms with van der Waals surface area (Å²) in [4.78, 5) is 0. The maximum absolute atomic E-state index is 12.2. The minimum atomic E-state index is -4.62. The highest BCUT2D eigenvalue weighted by Gasteiger charge is 2.26. The monoisotopic (exact) mass is 250 g/mol. The van der Waals surface area contributed by atoms with Crippen molar-refractivity contribution in [1.82, 2.24) is 0 Å². The highest BCUT2D eigenvalue weighted by Crippen LogP contribution is 2.16. The molecule has 0 saturated heterocycles. The van der Waals surface area contributed by atoms with Crippen LogP contribution in [0.15, 0.2) is 18.2 Å². The van der Waals surface area contributed by atoms with Crippen LogP contribution >= 0.6 is 11.6 Å². The average molecular weight is 251 g/mol. The number of rotatable bonds is 0. The highest BCUT2D eigenvalue weighted by atomic mass is 35.5. The molecule has 0 fully saturated rings. The van der Waals surface area contributed by atoms with E-state index in [-0.39, 0.29) is 0 Å². The molecular formula is C8H5ClF6. The lowest BCUT2D eigenvalue weighted by molar-refractivity contribution is -0.142. The van der Waals surface area contributed by atoms with Crippen LogP contribution in [0, 0.1) is 11.6 Å². The van der Waals surface area contributed by atoms with Crippen LogP contribution in [0.4, 0.5) is 26.3 Å². The second-order valence-electron chi connectivity index (χ2n) is 2.28. The molecule has 0 saturated carbocycles. The molecule has 0 aromatic heterocycles. The maximum Gasteiger partial charge on any atom is 0.416 e. The van der Waals surface area contributed by atoms with E-state index in [1.54, 1.807) is 0 Å². The zero-order chi connectivity index (χ0) is 12.1. The Morgan fingerprint density at radius 2 is 1.40 bits per heavy atom. The number of hydrogen-bond donors (Lipinski definition) is 0. The van der Waals surface area contributed by atoms with Gasteiger partial charge in [0.2, 0.25) is 0 Å². The Morgan fingerprint density at radius 1 is 1.07 bits per heavy atom. The van der Waals surface area contributed by atoms with Gasteiger partial charge in [0.1, 0.15) is 16.7 Å². The lowest BCUT2D eigenvalue weighted by Crippen LogP contribution is -2.08. The van der Waals surface area contributed by atoms with Crippen molar-refractivity contribution in [2.45, 2.75) is 6.18 Å². The fraction of sp³-hybridized carbons (Fsp3) is 0.250. The zero-order valence-electron chi connectivity index (χ0n) is 7.08. The first-order chi connectivity index (χ1) is 6.78. The third kappa shape index (κ3) is 6.22. The Hall–Kier alpha value is -0.910. The van der Waals surface area contributed by atoms with E-state index in [0.29, 0.717) is 0 Å². The Kier molecular flexibility index (Phi) is 5.49. The molecule has 0 spiro atoms. The largest absolute Gasteiger partial charge is 0.416 e. The molecule has 0 radical (unpaired) electrons. The van der Waals surface area contributed by atoms with Crippen LogP contribution in [0.1, 0.15) is 0 Å². The standard InChI is InChI=1S/C6H3ClF2.C2H2F4/c7-6-4(8)2-1-3-5(6)9;3-1-2(4,5)6/h1-3H;1H2. The quantitative estimate of drug-likeness (QED) is 0.480. The lowest BCUT2D eigenvalue weighted by atomic mass is 10.3. The van der Waals surface area contributed by atoms with E-state index in [1.807, 2.05) is 0 Å². The molecule has 0 amide bonds. The summed E-state index contributed by atoms with van der Waals surface area (Å²) in [6, 6.07) is 3.47. The van der Waals surface area contributed by atoms with E-state index >= 15 is 0 Å². The molecule has 0 aliphatic rings. The van der Waals surface area contributed by atoms with Gasteiger partial charge in [-0.15, -0.1) is 0 Å². The number of halogens is 7. The topological polar surface area (TPSA) is 0 Å². The fourth-order valence-corrected chi connectivity index (χ4v) is 0.603. The van der Waals surface area contributed by atoms with Crippen LogP contribution in [-0.2, 0) is 0 Å². The number of benzene rings is 1. The molecule has 0 aliphatic carbocycles. The summed E-state index contributed by atoms with van der Waals surface area (Å²) in [7, 11) is 0. The van der Waals surface area contributed by atoms with E-state index in [4.69, 9.17) is 11.6 Å². The first-order valence-corrected chi connectivity index (χ1v) is 3.88. The Balaban J connectivity index is 0.000000288. The molecule has 0 atom stereocenters. The van der Waals surface area contributed by atoms with Gasteiger partial charge < -0.3 is 0 Å². The van der Waals surface area contributed by atoms with Gasteiger partial charge in [0.25, 0.3) is 0 Å². The van der Waals surface area contributed by atoms with Crippen LogP contribution in [0.5, 0.6) is 0 Å². The van der Waals surface area contributed by atoms with Gasteiger partial charge in [0, 0.05) is 0 Å². The molecule has 0 aliphatic heterocycles. The molecule has 1 aromatic carbocycles. The molecule has 1 aromatic rings. The average Bonchev–Trinajstić information content (AvgIpc) is 2.14. The molecule has 0 unspecified atom stereocenters. The van der Waals surface area contributed by atoms with Gasteiger partial charge in [-0.25, -0.2) is 13.2 Å². The molecule has 7 heteroatoms. The molecular weight excluding hydrogens is 246 g/mol. The van der Waals surface area contributed by atoms with Crippen LogP contribution in [-0.4, -0.2) is 12.9 Å². The fourth-order valence-electron chi connectivity index (χ4n) is 0.477. The predicted molar refractivity (Wildman–Crippen MR) is 43.4 cm³/mol. The maximum atomic E-state index is 12.2. The van der Waals surface area contributed by atoms with E-state index < -0.39 is 29.5 Å². The molecule has 86 valence electrons. The minimum Gasteiger partial charge on any atom is -0.241 e. The summed E-state index contributed by atoms with van der Waals surface area (Å²) in [6.07, 6.45) is -4.62. The van der Waals surface area contributed by atoms with Crippen molar-refractivity contribution in [2.24, 2.45) is 0 Å². The van der Waals surface area contributed by atoms with Crippen LogP contribution in [0.2, 0.25) is 5.02 Å². The minimum absolute atomic E-state index is 0.447. The van der Waals surface area contributed by atoms with Gasteiger partial charge >= 0.3 is 6.18 Å². The second-order valence-corrected chi connectivity index (χ2v) is 2.66. The summed E-state index contributed by atoms with van der Waals surface area (Å²) in [5, 5.41) is -0.447. The van der Waals surface area contributed by atoms with Gasteiger partial charge in [-0.1, -0.05) is 17.7 Å². The smallest absolute Gasteiger partial charge is 0.241 e. The van der Waals surface area contributed by atoms with E-state index in [0.717, 1.165) is 12.1 Å². The zero-order valence-corrected chi connectivity index (χ0v) is 7.84. The van der Waals surface area contributed by atoms with Gasteiger partial charge in [0.15, 0.2) is 6.67 Å². The normalized spacial score (nSPS) is 10.6. The molecule has 0 N–H and O–H groups in total. The van der Waals surface area contributed by atoms with Crippen molar-refractivity contribution in [2.75, 3.05) is 6.67 Å². The van der Waals surface area contributed by atoms with Crippen molar-refractivity contribution >= 4 is 11.6 Å². The van der Waals surface area contributed by atoms with Crippen molar-refractivity contribution in [1.29, 1.82) is 0 Å². The summed E-state index contributed by atoms with van der Waals surface area (Å²) in [6.45, 7) is -2.23. The van der Waals surface area contributed by atoms with Gasteiger partial charge in [-0.3, -0.25) is 0 Å². The van der Waals surface area contributed by atoms with Gasteiger partial charge in [-0.05, 0) is 12.1 Å². The summed E-state index contributed by atoms with van der Waals surface area (Å²) in [5.41, 5.74) is 0. The third-order valence-corrected chi connectivity index (χ3v) is 1.42. The van der Waals surface area contributed by atoms with E-state index in [2.05, 4.69) is 0 Å². The first kappa shape index (κ1) is 14.1. The Bertz CT molecular complexity index is 288. The molecule has 1 rings (SSSR count). The molecule has 0 bridgehead atoms. The SMILES string of the molecule is FCC(F)(F)F.Fc1cccc(F)c1Cl. The highest BCUT2D eigenvalue weighted by molar-refractivity contribution is 6.30. The summed E-state index contributed by atoms with van der Waals surface area (Å²) >= 11 is 5.13. The molecule has 0 heterocycles. The predicted octanol–water partition coefficient (Wildman–Crippen LogP) is 4.14. The van der Waals surface area contributed by atoms with Crippen LogP contribution < -0.4 is 0 Å². The first-order valence-electron chi connectivity index (χ1n) is 3.50. The van der Waals surface area contributed by atoms with Crippen molar-refractivity contribution in [3.8, 4) is 0 Å². The third-order valence-electron chi connectivity index (χ3n) is 1.06. The van der Waals surface area contributed by atoms with Crippen molar-refractivity contribution < 1.29 is 26.3 Å².